The van der Waals surface area contributed by atoms with Crippen molar-refractivity contribution in [2.75, 3.05) is 48.8 Å². The van der Waals surface area contributed by atoms with Crippen molar-refractivity contribution < 1.29 is 69.7 Å². The second kappa shape index (κ2) is 21.7. The number of rotatable bonds is 8. The van der Waals surface area contributed by atoms with Crippen LogP contribution >= 0.6 is 22.6 Å². The standard InChI is InChI=1S/C14H17N5O6.C13H13N5O5.C10H12IN5O4.C2H4/c1-24-8(21)3-2-6-9-12(15)16-5-17-13(9)19(18-6)14-11(23)10(22)7(4-20)25-14;19-3-6-9(21)10(22)13(23-6)18-12-8-5(17-18)1-2-7(20)16-11(8)14-4-15-12;11-7-4-8(12)13-2-14-9(4)16(15-7)10-6(19)5(18)3(1-17)20-10;1-2/h2-3,5,7,10-11,14,20,22-23H,4H2,1H3,(H2,15,16,17);1-2,4,6,9-10,13,17,19,21-22H,3H2;2-3,5-6,10,17-19H,1H2,(H2,12,13,14);1-2H2/b3-2+;;;/t7-,10-,11-,14-;6-,9-,10-,13-;3-,5-,6-,10-;/m111./s1. The maximum Gasteiger partial charge on any atom is 0.330 e. The molecule has 0 saturated carbocycles. The maximum absolute atomic E-state index is 11.5. The lowest BCUT2D eigenvalue weighted by Crippen LogP contribution is -2.46. The molecule has 30 nitrogen and oxygen atoms in total. The molecule has 12 atom stereocenters. The molecule has 0 bridgehead atoms. The number of aliphatic hydroxyl groups is 9. The lowest BCUT2D eigenvalue weighted by Gasteiger charge is -2.27. The summed E-state index contributed by atoms with van der Waals surface area (Å²) in [5.41, 5.74) is 15.8. The summed E-state index contributed by atoms with van der Waals surface area (Å²) in [6.07, 6.45) is -7.00. The highest BCUT2D eigenvalue weighted by Crippen LogP contribution is 2.39. The van der Waals surface area contributed by atoms with E-state index in [2.05, 4.69) is 68.4 Å². The Bertz CT molecular complexity index is 2940. The van der Waals surface area contributed by atoms with Crippen molar-refractivity contribution in [3.63, 3.8) is 0 Å². The topological polar surface area (TPSA) is 446 Å². The smallest absolute Gasteiger partial charge is 0.330 e. The fourth-order valence-corrected chi connectivity index (χ4v) is 8.38. The number of hydrazine groups is 1. The Morgan fingerprint density at radius 2 is 1.23 bits per heavy atom. The number of aromatic nitrogens is 11. The van der Waals surface area contributed by atoms with Crippen LogP contribution in [0, 0.1) is 3.70 Å². The SMILES string of the molecule is C=C.COC(=O)/C=C/c1nn([C@@H]2O[C@H](CO)[C@@H](O)[C@H]2O)c2ncnc(N)c12.Nc1ncnc2c1c(I)nn2[C@@H]1O[C@H](CO)[C@@H](O)[C@H]1O.O=c1ccc2c3c(ncnc3n1)N([C@@H]1O[C@H](CO)[C@@H](O)[C@H]1O)N2. The Labute approximate surface area is 406 Å². The Balaban J connectivity index is 0.000000153. The molecule has 6 aromatic heterocycles. The Kier molecular flexibility index (Phi) is 16.0. The lowest BCUT2D eigenvalue weighted by atomic mass is 10.1. The highest BCUT2D eigenvalue weighted by molar-refractivity contribution is 14.1. The number of hydrogen-bond acceptors (Lipinski definition) is 28. The quantitative estimate of drug-likeness (QED) is 0.0296. The summed E-state index contributed by atoms with van der Waals surface area (Å²) in [6.45, 7) is 4.70. The molecule has 0 aliphatic carbocycles. The van der Waals surface area contributed by atoms with Crippen LogP contribution in [0.3, 0.4) is 0 Å². The summed E-state index contributed by atoms with van der Waals surface area (Å²) in [7, 11) is 1.24. The van der Waals surface area contributed by atoms with Crippen molar-refractivity contribution in [2.45, 2.75) is 73.6 Å². The molecular formula is C39H46IN15O15. The van der Waals surface area contributed by atoms with Crippen LogP contribution in [0.25, 0.3) is 39.2 Å². The summed E-state index contributed by atoms with van der Waals surface area (Å²) in [6, 6.07) is 2.82. The van der Waals surface area contributed by atoms with Crippen molar-refractivity contribution in [2.24, 2.45) is 0 Å². The summed E-state index contributed by atoms with van der Waals surface area (Å²) in [5, 5.41) is 98.9. The van der Waals surface area contributed by atoms with Gasteiger partial charge in [-0.3, -0.25) is 10.2 Å². The fraction of sp³-hybridized carbons (Fsp3) is 0.410. The Morgan fingerprint density at radius 3 is 1.77 bits per heavy atom. The van der Waals surface area contributed by atoms with Gasteiger partial charge in [-0.2, -0.15) is 15.2 Å². The normalized spacial score (nSPS) is 27.7. The summed E-state index contributed by atoms with van der Waals surface area (Å²) in [4.78, 5) is 50.8. The fourth-order valence-electron chi connectivity index (χ4n) is 7.63. The van der Waals surface area contributed by atoms with Crippen molar-refractivity contribution >= 4 is 90.9 Å². The van der Waals surface area contributed by atoms with Gasteiger partial charge in [-0.05, 0) is 34.7 Å². The number of carbonyl (C=O) groups excluding carboxylic acids is 1. The number of carbonyl (C=O) groups is 1. The summed E-state index contributed by atoms with van der Waals surface area (Å²) < 4.78 is 24.1. The molecule has 0 aromatic carbocycles. The number of nitrogens with one attached hydrogen (secondary N) is 1. The molecule has 0 unspecified atom stereocenters. The van der Waals surface area contributed by atoms with E-state index in [4.69, 9.17) is 30.8 Å². The number of ether oxygens (including phenoxy) is 4. The molecule has 4 aliphatic heterocycles. The van der Waals surface area contributed by atoms with Crippen LogP contribution in [0.1, 0.15) is 18.1 Å². The predicted octanol–water partition coefficient (Wildman–Crippen LogP) is -4.40. The van der Waals surface area contributed by atoms with Gasteiger partial charge in [0.1, 0.15) is 89.3 Å². The number of nitrogen functional groups attached to an aromatic ring is 2. The number of nitrogens with zero attached hydrogens (tertiary/aromatic N) is 12. The third kappa shape index (κ3) is 9.61. The van der Waals surface area contributed by atoms with E-state index in [9.17, 15) is 50.4 Å². The molecule has 10 heterocycles. The zero-order chi connectivity index (χ0) is 50.7. The number of anilines is 4. The first-order valence-corrected chi connectivity index (χ1v) is 21.7. The van der Waals surface area contributed by atoms with Crippen LogP contribution in [-0.4, -0.2) is 194 Å². The van der Waals surface area contributed by atoms with E-state index < -0.39 is 105 Å². The monoisotopic (exact) mass is 1090 g/mol. The number of aliphatic hydroxyl groups excluding tert-OH is 9. The summed E-state index contributed by atoms with van der Waals surface area (Å²) >= 11 is 1.98. The molecule has 6 aromatic rings. The third-order valence-electron chi connectivity index (χ3n) is 11.0. The van der Waals surface area contributed by atoms with Crippen molar-refractivity contribution in [3.8, 4) is 0 Å². The van der Waals surface area contributed by atoms with Crippen LogP contribution in [0.15, 0.2) is 55.1 Å². The molecule has 0 radical (unpaired) electrons. The van der Waals surface area contributed by atoms with Gasteiger partial charge in [-0.25, -0.2) is 49.1 Å². The van der Waals surface area contributed by atoms with E-state index in [-0.39, 0.29) is 28.6 Å². The van der Waals surface area contributed by atoms with Gasteiger partial charge in [-0.1, -0.05) is 0 Å². The minimum Gasteiger partial charge on any atom is -0.466 e. The van der Waals surface area contributed by atoms with Gasteiger partial charge in [0.15, 0.2) is 41.4 Å². The first-order chi connectivity index (χ1) is 33.6. The largest absolute Gasteiger partial charge is 0.466 e. The third-order valence-corrected chi connectivity index (χ3v) is 11.8. The molecular weight excluding hydrogens is 1050 g/mol. The number of hydrogen-bond donors (Lipinski definition) is 12. The number of esters is 1. The molecule has 374 valence electrons. The minimum absolute atomic E-state index is 0.118. The minimum atomic E-state index is -1.34. The number of fused-ring (bicyclic) bond motifs is 2. The van der Waals surface area contributed by atoms with E-state index in [1.807, 2.05) is 22.6 Å². The number of halogens is 1. The molecule has 10 rings (SSSR count). The van der Waals surface area contributed by atoms with Gasteiger partial charge in [-0.15, -0.1) is 13.2 Å². The maximum atomic E-state index is 11.5. The summed E-state index contributed by atoms with van der Waals surface area (Å²) in [5.74, 6) is 0.166. The highest BCUT2D eigenvalue weighted by Gasteiger charge is 2.48. The zero-order valence-corrected chi connectivity index (χ0v) is 38.5. The van der Waals surface area contributed by atoms with Crippen molar-refractivity contribution in [1.29, 1.82) is 0 Å². The number of methoxy groups -OCH3 is 1. The molecule has 31 heteroatoms. The van der Waals surface area contributed by atoms with Gasteiger partial charge >= 0.3 is 5.97 Å². The van der Waals surface area contributed by atoms with E-state index >= 15 is 0 Å². The van der Waals surface area contributed by atoms with Crippen molar-refractivity contribution in [3.05, 3.63) is 70.1 Å². The van der Waals surface area contributed by atoms with Crippen LogP contribution in [-0.2, 0) is 23.7 Å². The van der Waals surface area contributed by atoms with E-state index in [0.29, 0.717) is 37.0 Å². The molecule has 0 amide bonds. The van der Waals surface area contributed by atoms with Crippen LogP contribution in [0.2, 0.25) is 0 Å². The Hall–Kier alpha value is -6.34. The van der Waals surface area contributed by atoms with E-state index in [0.717, 1.165) is 6.08 Å². The average Bonchev–Trinajstić information content (AvgIpc) is 4.18. The average molecular weight is 1090 g/mol. The Morgan fingerprint density at radius 1 is 0.729 bits per heavy atom. The van der Waals surface area contributed by atoms with Crippen molar-refractivity contribution in [1.82, 2.24) is 54.4 Å². The molecule has 70 heavy (non-hydrogen) atoms. The highest BCUT2D eigenvalue weighted by atomic mass is 127. The predicted molar refractivity (Wildman–Crippen MR) is 248 cm³/mol. The molecule has 14 N–H and O–H groups in total. The first kappa shape index (κ1) is 51.5. The van der Waals surface area contributed by atoms with Gasteiger partial charge in [0.2, 0.25) is 0 Å². The van der Waals surface area contributed by atoms with E-state index in [1.54, 1.807) is 0 Å². The molecule has 3 fully saturated rings. The lowest BCUT2D eigenvalue weighted by molar-refractivity contribution is -0.134. The van der Waals surface area contributed by atoms with E-state index in [1.165, 1.54) is 58.7 Å². The second-order valence-corrected chi connectivity index (χ2v) is 16.1. The first-order valence-electron chi connectivity index (χ1n) is 20.6. The van der Waals surface area contributed by atoms with Crippen LogP contribution in [0.5, 0.6) is 0 Å². The molecule has 3 saturated heterocycles. The molecule has 4 aliphatic rings. The number of nitrogens with two attached hydrogens (primary N) is 2. The zero-order valence-electron chi connectivity index (χ0n) is 36.4. The van der Waals surface area contributed by atoms with Crippen LogP contribution in [0.4, 0.5) is 23.1 Å². The second-order valence-electron chi connectivity index (χ2n) is 15.1. The van der Waals surface area contributed by atoms with Crippen LogP contribution < -0.4 is 27.5 Å². The van der Waals surface area contributed by atoms with Gasteiger partial charge in [0.25, 0.3) is 5.56 Å². The van der Waals surface area contributed by atoms with Gasteiger partial charge in [0, 0.05) is 12.1 Å². The van der Waals surface area contributed by atoms with Gasteiger partial charge in [0.05, 0.1) is 54.5 Å². The van der Waals surface area contributed by atoms with Gasteiger partial charge < -0.3 is 76.4 Å². The molecule has 0 spiro atoms.